The van der Waals surface area contributed by atoms with E-state index in [9.17, 15) is 14.7 Å². The lowest BCUT2D eigenvalue weighted by molar-refractivity contribution is -0.153. The van der Waals surface area contributed by atoms with Gasteiger partial charge in [-0.25, -0.2) is 4.79 Å². The molecule has 154 valence electrons. The Balaban J connectivity index is 1.67. The van der Waals surface area contributed by atoms with Crippen LogP contribution in [0, 0.1) is 13.8 Å². The van der Waals surface area contributed by atoms with Crippen molar-refractivity contribution in [1.82, 2.24) is 5.48 Å². The van der Waals surface area contributed by atoms with Crippen LogP contribution in [0.2, 0.25) is 0 Å². The van der Waals surface area contributed by atoms with Gasteiger partial charge in [-0.1, -0.05) is 24.3 Å². The number of benzene rings is 3. The first kappa shape index (κ1) is 20.7. The third-order valence-electron chi connectivity index (χ3n) is 4.38. The maximum absolute atomic E-state index is 11.1. The van der Waals surface area contributed by atoms with E-state index in [1.807, 2.05) is 55.7 Å². The van der Waals surface area contributed by atoms with Crippen LogP contribution in [0.25, 0.3) is 0 Å². The van der Waals surface area contributed by atoms with Crippen LogP contribution in [0.5, 0.6) is 23.0 Å². The molecule has 0 spiro atoms. The van der Waals surface area contributed by atoms with Gasteiger partial charge in [-0.05, 0) is 78.9 Å². The van der Waals surface area contributed by atoms with E-state index in [0.717, 1.165) is 28.7 Å². The minimum absolute atomic E-state index is 0.244. The molecule has 0 saturated heterocycles. The summed E-state index contributed by atoms with van der Waals surface area (Å²) in [4.78, 5) is 26.6. The number of hydroxylamine groups is 1. The predicted octanol–water partition coefficient (Wildman–Crippen LogP) is 3.89. The van der Waals surface area contributed by atoms with Crippen molar-refractivity contribution in [2.45, 2.75) is 20.3 Å². The molecule has 1 amide bonds. The summed E-state index contributed by atoms with van der Waals surface area (Å²) >= 11 is 0. The Hall–Kier alpha value is -4.00. The van der Waals surface area contributed by atoms with Gasteiger partial charge in [-0.2, -0.15) is 5.48 Å². The van der Waals surface area contributed by atoms with Gasteiger partial charge in [-0.15, -0.1) is 0 Å². The van der Waals surface area contributed by atoms with Crippen molar-refractivity contribution in [2.75, 3.05) is 0 Å². The average molecular weight is 407 g/mol. The van der Waals surface area contributed by atoms with E-state index in [2.05, 4.69) is 0 Å². The van der Waals surface area contributed by atoms with Crippen LogP contribution in [0.3, 0.4) is 0 Å². The molecule has 3 aromatic rings. The summed E-state index contributed by atoms with van der Waals surface area (Å²) in [6.07, 6.45) is 0.743. The molecule has 0 radical (unpaired) electrons. The third kappa shape index (κ3) is 5.29. The van der Waals surface area contributed by atoms with Crippen molar-refractivity contribution in [2.24, 2.45) is 0 Å². The highest BCUT2D eigenvalue weighted by Gasteiger charge is 2.13. The lowest BCUT2D eigenvalue weighted by atomic mass is 10.0. The van der Waals surface area contributed by atoms with Crippen LogP contribution in [0.15, 0.2) is 60.7 Å². The van der Waals surface area contributed by atoms with E-state index >= 15 is 0 Å². The number of carbonyl (C=O) groups is 2. The monoisotopic (exact) mass is 407 g/mol. The molecule has 0 atom stereocenters. The number of aliphatic carboxylic acids is 1. The number of carbonyl (C=O) groups excluding carboxylic acids is 1. The maximum atomic E-state index is 11.1. The number of nitrogens with one attached hydrogen (secondary N) is 1. The minimum Gasteiger partial charge on any atom is -0.508 e. The Morgan fingerprint density at radius 1 is 0.867 bits per heavy atom. The molecule has 30 heavy (non-hydrogen) atoms. The summed E-state index contributed by atoms with van der Waals surface area (Å²) in [5.41, 5.74) is 5.60. The smallest absolute Gasteiger partial charge is 0.397 e. The number of amides is 1. The molecule has 0 heterocycles. The fraction of sp³-hybridized carbons (Fsp3) is 0.130. The van der Waals surface area contributed by atoms with Crippen LogP contribution in [-0.4, -0.2) is 22.1 Å². The fourth-order valence-corrected chi connectivity index (χ4v) is 2.92. The predicted molar refractivity (Wildman–Crippen MR) is 110 cm³/mol. The zero-order valence-electron chi connectivity index (χ0n) is 16.5. The first-order valence-corrected chi connectivity index (χ1v) is 9.18. The van der Waals surface area contributed by atoms with E-state index in [1.165, 1.54) is 0 Å². The number of rotatable bonds is 6. The first-order valence-electron chi connectivity index (χ1n) is 9.18. The Bertz CT molecular complexity index is 1040. The molecule has 0 aliphatic heterocycles. The van der Waals surface area contributed by atoms with E-state index < -0.39 is 11.9 Å². The van der Waals surface area contributed by atoms with Crippen molar-refractivity contribution in [3.05, 3.63) is 82.9 Å². The van der Waals surface area contributed by atoms with E-state index in [4.69, 9.17) is 14.7 Å². The summed E-state index contributed by atoms with van der Waals surface area (Å²) < 4.78 is 6.01. The van der Waals surface area contributed by atoms with E-state index in [0.29, 0.717) is 17.2 Å². The van der Waals surface area contributed by atoms with E-state index in [-0.39, 0.29) is 5.75 Å². The summed E-state index contributed by atoms with van der Waals surface area (Å²) in [5, 5.41) is 17.9. The van der Waals surface area contributed by atoms with Gasteiger partial charge in [0.1, 0.15) is 17.2 Å². The molecule has 0 aromatic heterocycles. The minimum atomic E-state index is -1.63. The van der Waals surface area contributed by atoms with Gasteiger partial charge >= 0.3 is 11.9 Å². The number of aryl methyl sites for hydroxylation is 2. The van der Waals surface area contributed by atoms with Gasteiger partial charge in [0, 0.05) is 0 Å². The lowest BCUT2D eigenvalue weighted by Crippen LogP contribution is -2.33. The summed E-state index contributed by atoms with van der Waals surface area (Å²) in [7, 11) is 0. The van der Waals surface area contributed by atoms with Gasteiger partial charge in [0.2, 0.25) is 0 Å². The number of phenols is 1. The van der Waals surface area contributed by atoms with Crippen molar-refractivity contribution in [1.29, 1.82) is 0 Å². The normalized spacial score (nSPS) is 10.3. The fourth-order valence-electron chi connectivity index (χ4n) is 2.92. The zero-order valence-corrected chi connectivity index (χ0v) is 16.5. The number of ether oxygens (including phenoxy) is 1. The second kappa shape index (κ2) is 9.00. The molecule has 0 aliphatic carbocycles. The van der Waals surface area contributed by atoms with Crippen LogP contribution in [-0.2, 0) is 16.0 Å². The van der Waals surface area contributed by atoms with Gasteiger partial charge in [0.25, 0.3) is 0 Å². The molecule has 0 saturated carbocycles. The Morgan fingerprint density at radius 3 is 1.93 bits per heavy atom. The number of aromatic hydroxyl groups is 1. The quantitative estimate of drug-likeness (QED) is 0.423. The van der Waals surface area contributed by atoms with Crippen molar-refractivity contribution in [3.8, 4) is 23.0 Å². The molecule has 3 aromatic carbocycles. The summed E-state index contributed by atoms with van der Waals surface area (Å²) in [6, 6.07) is 18.1. The molecule has 3 N–H and O–H groups in total. The summed E-state index contributed by atoms with van der Waals surface area (Å²) in [5.74, 6) is -1.01. The topological polar surface area (TPSA) is 105 Å². The molecule has 0 fully saturated rings. The number of carboxylic acid groups (broad SMARTS) is 1. The maximum Gasteiger partial charge on any atom is 0.397 e. The second-order valence-corrected chi connectivity index (χ2v) is 6.81. The van der Waals surface area contributed by atoms with Crippen LogP contribution in [0.4, 0.5) is 0 Å². The highest BCUT2D eigenvalue weighted by molar-refractivity contribution is 6.31. The van der Waals surface area contributed by atoms with Crippen LogP contribution < -0.4 is 15.1 Å². The highest BCUT2D eigenvalue weighted by atomic mass is 16.7. The Kier molecular flexibility index (Phi) is 6.22. The standard InChI is InChI=1S/C23H21NO6/c1-14-11-20(30-24-22(26)23(27)28)12-15(2)21(14)29-19-9-5-17(6-10-19)13-16-3-7-18(25)8-4-16/h3-12,25H,13H2,1-2H3,(H,24,26)(H,27,28). The summed E-state index contributed by atoms with van der Waals surface area (Å²) in [6.45, 7) is 3.65. The number of hydrogen-bond donors (Lipinski definition) is 3. The highest BCUT2D eigenvalue weighted by Crippen LogP contribution is 2.32. The zero-order chi connectivity index (χ0) is 21.7. The molecule has 7 heteroatoms. The molecule has 0 aliphatic rings. The van der Waals surface area contributed by atoms with Crippen LogP contribution >= 0.6 is 0 Å². The average Bonchev–Trinajstić information content (AvgIpc) is 2.71. The van der Waals surface area contributed by atoms with Crippen molar-refractivity contribution in [3.63, 3.8) is 0 Å². The third-order valence-corrected chi connectivity index (χ3v) is 4.38. The lowest BCUT2D eigenvalue weighted by Gasteiger charge is -2.14. The second-order valence-electron chi connectivity index (χ2n) is 6.81. The SMILES string of the molecule is Cc1cc(ONC(=O)C(=O)O)cc(C)c1Oc1ccc(Cc2ccc(O)cc2)cc1. The molecule has 3 rings (SSSR count). The number of phenolic OH excluding ortho intramolecular Hbond substituents is 1. The number of carboxylic acids is 1. The van der Waals surface area contributed by atoms with Gasteiger partial charge in [0.05, 0.1) is 0 Å². The van der Waals surface area contributed by atoms with Crippen molar-refractivity contribution < 1.29 is 29.4 Å². The van der Waals surface area contributed by atoms with Crippen LogP contribution in [0.1, 0.15) is 22.3 Å². The number of hydrogen-bond acceptors (Lipinski definition) is 5. The first-order chi connectivity index (χ1) is 14.3. The van der Waals surface area contributed by atoms with E-state index in [1.54, 1.807) is 24.3 Å². The van der Waals surface area contributed by atoms with Gasteiger partial charge in [0.15, 0.2) is 5.75 Å². The van der Waals surface area contributed by atoms with Crippen molar-refractivity contribution >= 4 is 11.9 Å². The molecular formula is C23H21NO6. The Labute approximate surface area is 173 Å². The van der Waals surface area contributed by atoms with Gasteiger partial charge in [-0.3, -0.25) is 4.79 Å². The molecule has 0 unspecified atom stereocenters. The largest absolute Gasteiger partial charge is 0.508 e. The van der Waals surface area contributed by atoms with Gasteiger partial charge < -0.3 is 19.8 Å². The Morgan fingerprint density at radius 2 is 1.40 bits per heavy atom. The molecule has 7 nitrogen and oxygen atoms in total. The molecule has 0 bridgehead atoms. The molecular weight excluding hydrogens is 386 g/mol.